The Hall–Kier alpha value is -2.84. The van der Waals surface area contributed by atoms with Gasteiger partial charge in [-0.2, -0.15) is 5.26 Å². The van der Waals surface area contributed by atoms with E-state index < -0.39 is 0 Å². The molecule has 2 heterocycles. The summed E-state index contributed by atoms with van der Waals surface area (Å²) in [6, 6.07) is 26.2. The quantitative estimate of drug-likeness (QED) is 0.284. The van der Waals surface area contributed by atoms with Crippen LogP contribution in [0.4, 0.5) is 0 Å². The van der Waals surface area contributed by atoms with E-state index in [1.165, 1.54) is 0 Å². The number of hydrogen-bond donors (Lipinski definition) is 0. The number of halogens is 1. The molecule has 2 nitrogen and oxygen atoms in total. The molecule has 4 aromatic rings. The van der Waals surface area contributed by atoms with Gasteiger partial charge in [0.25, 0.3) is 0 Å². The predicted molar refractivity (Wildman–Crippen MR) is 129 cm³/mol. The van der Waals surface area contributed by atoms with Crippen LogP contribution in [0.15, 0.2) is 89.3 Å². The number of hydrogen-bond acceptors (Lipinski definition) is 4. The highest BCUT2D eigenvalue weighted by molar-refractivity contribution is 7.99. The Labute approximate surface area is 189 Å². The lowest BCUT2D eigenvalue weighted by atomic mass is 10.0. The molecule has 0 fully saturated rings. The molecule has 0 radical (unpaired) electrons. The first-order valence-electron chi connectivity index (χ1n) is 9.34. The fourth-order valence-corrected chi connectivity index (χ4v) is 4.64. The third-order valence-corrected chi connectivity index (χ3v) is 6.53. The minimum absolute atomic E-state index is 0.593. The van der Waals surface area contributed by atoms with Gasteiger partial charge in [0.2, 0.25) is 0 Å². The van der Waals surface area contributed by atoms with E-state index in [9.17, 15) is 5.26 Å². The maximum absolute atomic E-state index is 9.93. The molecular weight excluding hydrogens is 428 g/mol. The smallest absolute Gasteiger partial charge is 0.115 e. The predicted octanol–water partition coefficient (Wildman–Crippen LogP) is 7.81. The van der Waals surface area contributed by atoms with Gasteiger partial charge in [-0.25, -0.2) is 4.98 Å². The lowest BCUT2D eigenvalue weighted by molar-refractivity contribution is 1.12. The van der Waals surface area contributed by atoms with E-state index in [1.807, 2.05) is 60.0 Å². The van der Waals surface area contributed by atoms with Gasteiger partial charge in [-0.1, -0.05) is 72.3 Å². The molecule has 0 N–H and O–H groups in total. The molecule has 0 aliphatic rings. The highest BCUT2D eigenvalue weighted by Crippen LogP contribution is 2.35. The molecule has 0 unspecified atom stereocenters. The summed E-state index contributed by atoms with van der Waals surface area (Å²) in [7, 11) is 0. The first-order valence-corrected chi connectivity index (χ1v) is 11.6. The second-order valence-corrected chi connectivity index (χ2v) is 8.85. The molecule has 0 bridgehead atoms. The van der Waals surface area contributed by atoms with Crippen LogP contribution in [0.5, 0.6) is 0 Å². The molecule has 146 valence electrons. The second kappa shape index (κ2) is 9.77. The third kappa shape index (κ3) is 4.83. The van der Waals surface area contributed by atoms with Crippen molar-refractivity contribution in [2.75, 3.05) is 5.75 Å². The largest absolute Gasteiger partial charge is 0.239 e. The number of pyridine rings is 1. The van der Waals surface area contributed by atoms with E-state index in [1.54, 1.807) is 23.1 Å². The van der Waals surface area contributed by atoms with Gasteiger partial charge in [-0.3, -0.25) is 0 Å². The maximum atomic E-state index is 9.93. The molecule has 0 spiro atoms. The van der Waals surface area contributed by atoms with Gasteiger partial charge in [0.05, 0.1) is 16.1 Å². The number of nitriles is 1. The van der Waals surface area contributed by atoms with E-state index in [0.29, 0.717) is 10.6 Å². The van der Waals surface area contributed by atoms with E-state index >= 15 is 0 Å². The molecule has 0 saturated heterocycles. The Morgan fingerprint density at radius 3 is 2.53 bits per heavy atom. The van der Waals surface area contributed by atoms with Gasteiger partial charge in [0, 0.05) is 16.3 Å². The molecule has 0 atom stereocenters. The number of aromatic nitrogens is 1. The van der Waals surface area contributed by atoms with Crippen LogP contribution in [0.25, 0.3) is 27.8 Å². The highest BCUT2D eigenvalue weighted by Gasteiger charge is 2.16. The molecule has 0 saturated carbocycles. The number of rotatable bonds is 6. The minimum Gasteiger partial charge on any atom is -0.239 e. The Morgan fingerprint density at radius 1 is 1.03 bits per heavy atom. The SMILES string of the molecule is N#Cc1c(-c2ccc(Cl)cc2)cc(-c2cccs2)nc1SC/C=C/c1ccccc1. The van der Waals surface area contributed by atoms with Gasteiger partial charge < -0.3 is 0 Å². The van der Waals surface area contributed by atoms with Crippen molar-refractivity contribution in [1.29, 1.82) is 5.26 Å². The van der Waals surface area contributed by atoms with Crippen molar-refractivity contribution in [3.63, 3.8) is 0 Å². The van der Waals surface area contributed by atoms with Gasteiger partial charge in [-0.05, 0) is 40.8 Å². The van der Waals surface area contributed by atoms with Gasteiger partial charge in [0.1, 0.15) is 11.1 Å². The van der Waals surface area contributed by atoms with Crippen LogP contribution in [0, 0.1) is 11.3 Å². The van der Waals surface area contributed by atoms with E-state index in [0.717, 1.165) is 38.0 Å². The molecule has 0 amide bonds. The first kappa shape index (κ1) is 20.4. The van der Waals surface area contributed by atoms with E-state index in [4.69, 9.17) is 16.6 Å². The summed E-state index contributed by atoms with van der Waals surface area (Å²) >= 11 is 9.28. The van der Waals surface area contributed by atoms with Crippen molar-refractivity contribution in [3.8, 4) is 27.8 Å². The molecule has 0 aliphatic heterocycles. The molecule has 30 heavy (non-hydrogen) atoms. The number of benzene rings is 2. The summed E-state index contributed by atoms with van der Waals surface area (Å²) in [6.07, 6.45) is 4.19. The molecule has 0 aliphatic carbocycles. The fourth-order valence-electron chi connectivity index (χ4n) is 3.02. The van der Waals surface area contributed by atoms with Crippen LogP contribution in [-0.2, 0) is 0 Å². The summed E-state index contributed by atoms with van der Waals surface area (Å²) in [4.78, 5) is 5.91. The molecular formula is C25H17ClN2S2. The number of thioether (sulfide) groups is 1. The molecule has 2 aromatic heterocycles. The summed E-state index contributed by atoms with van der Waals surface area (Å²) in [5.74, 6) is 0.727. The Balaban J connectivity index is 1.70. The van der Waals surface area contributed by atoms with Crippen molar-refractivity contribution < 1.29 is 0 Å². The standard InChI is InChI=1S/C25H17ClN2S2/c26-20-12-10-19(11-13-20)21-16-23(24-9-5-14-29-24)28-25(22(21)17-27)30-15-4-8-18-6-2-1-3-7-18/h1-14,16H,15H2/b8-4+. The second-order valence-electron chi connectivity index (χ2n) is 6.46. The number of nitrogens with zero attached hydrogens (tertiary/aromatic N) is 2. The zero-order valence-electron chi connectivity index (χ0n) is 16.0. The topological polar surface area (TPSA) is 36.7 Å². The van der Waals surface area contributed by atoms with Crippen molar-refractivity contribution in [2.45, 2.75) is 5.03 Å². The van der Waals surface area contributed by atoms with Gasteiger partial charge >= 0.3 is 0 Å². The summed E-state index contributed by atoms with van der Waals surface area (Å²) < 4.78 is 0. The highest BCUT2D eigenvalue weighted by atomic mass is 35.5. The monoisotopic (exact) mass is 444 g/mol. The summed E-state index contributed by atoms with van der Waals surface area (Å²) in [5, 5.41) is 13.4. The van der Waals surface area contributed by atoms with Crippen molar-refractivity contribution >= 4 is 40.8 Å². The van der Waals surface area contributed by atoms with Crippen LogP contribution in [-0.4, -0.2) is 10.7 Å². The maximum Gasteiger partial charge on any atom is 0.115 e. The van der Waals surface area contributed by atoms with Crippen LogP contribution in [0.2, 0.25) is 5.02 Å². The van der Waals surface area contributed by atoms with Crippen LogP contribution < -0.4 is 0 Å². The average molecular weight is 445 g/mol. The lowest BCUT2D eigenvalue weighted by Gasteiger charge is -2.11. The van der Waals surface area contributed by atoms with E-state index in [2.05, 4.69) is 36.4 Å². The fraction of sp³-hybridized carbons (Fsp3) is 0.0400. The Bertz CT molecular complexity index is 1190. The molecule has 4 rings (SSSR count). The van der Waals surface area contributed by atoms with Gasteiger partial charge in [-0.15, -0.1) is 23.1 Å². The molecule has 5 heteroatoms. The van der Waals surface area contributed by atoms with E-state index in [-0.39, 0.29) is 0 Å². The van der Waals surface area contributed by atoms with Crippen LogP contribution in [0.3, 0.4) is 0 Å². The lowest BCUT2D eigenvalue weighted by Crippen LogP contribution is -1.95. The average Bonchev–Trinajstić information content (AvgIpc) is 3.32. The van der Waals surface area contributed by atoms with Gasteiger partial charge in [0.15, 0.2) is 0 Å². The minimum atomic E-state index is 0.593. The zero-order valence-corrected chi connectivity index (χ0v) is 18.3. The summed E-state index contributed by atoms with van der Waals surface area (Å²) in [6.45, 7) is 0. The Kier molecular flexibility index (Phi) is 6.66. The van der Waals surface area contributed by atoms with Crippen molar-refractivity contribution in [3.05, 3.63) is 100 Å². The Morgan fingerprint density at radius 2 is 1.83 bits per heavy atom. The van der Waals surface area contributed by atoms with Crippen LogP contribution >= 0.6 is 34.7 Å². The van der Waals surface area contributed by atoms with Crippen molar-refractivity contribution in [1.82, 2.24) is 4.98 Å². The third-order valence-electron chi connectivity index (χ3n) is 4.45. The zero-order chi connectivity index (χ0) is 20.8. The van der Waals surface area contributed by atoms with Crippen LogP contribution in [0.1, 0.15) is 11.1 Å². The van der Waals surface area contributed by atoms with Crippen molar-refractivity contribution in [2.24, 2.45) is 0 Å². The normalized spacial score (nSPS) is 10.9. The number of thiophene rings is 1. The molecule has 2 aromatic carbocycles. The first-order chi connectivity index (χ1) is 14.7. The summed E-state index contributed by atoms with van der Waals surface area (Å²) in [5.41, 5.74) is 4.46.